The Labute approximate surface area is 115 Å². The lowest BCUT2D eigenvalue weighted by molar-refractivity contribution is 0.577. The van der Waals surface area contributed by atoms with Crippen LogP contribution >= 0.6 is 0 Å². The third-order valence-electron chi connectivity index (χ3n) is 3.76. The highest BCUT2D eigenvalue weighted by atomic mass is 15.3. The van der Waals surface area contributed by atoms with E-state index in [1.54, 1.807) is 0 Å². The van der Waals surface area contributed by atoms with Crippen molar-refractivity contribution in [2.45, 2.75) is 52.5 Å². The SMILES string of the molecule is CCNCC1CCCN1c1nnc(CC)c(CC)n1. The quantitative estimate of drug-likeness (QED) is 0.844. The van der Waals surface area contributed by atoms with Gasteiger partial charge < -0.3 is 10.2 Å². The number of hydrogen-bond acceptors (Lipinski definition) is 5. The fraction of sp³-hybridized carbons (Fsp3) is 0.786. The Morgan fingerprint density at radius 2 is 1.95 bits per heavy atom. The van der Waals surface area contributed by atoms with Crippen molar-refractivity contribution < 1.29 is 0 Å². The second-order valence-electron chi connectivity index (χ2n) is 5.01. The molecule has 0 saturated carbocycles. The van der Waals surface area contributed by atoms with Gasteiger partial charge >= 0.3 is 0 Å². The van der Waals surface area contributed by atoms with Gasteiger partial charge in [-0.15, -0.1) is 5.10 Å². The van der Waals surface area contributed by atoms with E-state index in [1.165, 1.54) is 12.8 Å². The number of nitrogens with zero attached hydrogens (tertiary/aromatic N) is 4. The maximum Gasteiger partial charge on any atom is 0.245 e. The third kappa shape index (κ3) is 3.21. The number of aryl methyl sites for hydroxylation is 2. The predicted molar refractivity (Wildman–Crippen MR) is 77.5 cm³/mol. The molecule has 2 heterocycles. The van der Waals surface area contributed by atoms with E-state index in [0.29, 0.717) is 6.04 Å². The van der Waals surface area contributed by atoms with Gasteiger partial charge in [-0.25, -0.2) is 4.98 Å². The molecule has 0 radical (unpaired) electrons. The highest BCUT2D eigenvalue weighted by Crippen LogP contribution is 2.22. The van der Waals surface area contributed by atoms with Crippen LogP contribution in [-0.4, -0.2) is 40.9 Å². The molecule has 5 heteroatoms. The number of nitrogens with one attached hydrogen (secondary N) is 1. The molecule has 1 saturated heterocycles. The highest BCUT2D eigenvalue weighted by Gasteiger charge is 2.26. The van der Waals surface area contributed by atoms with E-state index in [1.807, 2.05) is 0 Å². The van der Waals surface area contributed by atoms with Crippen molar-refractivity contribution in [3.8, 4) is 0 Å². The minimum atomic E-state index is 0.513. The molecular formula is C14H25N5. The maximum absolute atomic E-state index is 4.73. The molecule has 0 bridgehead atoms. The largest absolute Gasteiger partial charge is 0.335 e. The van der Waals surface area contributed by atoms with Gasteiger partial charge in [-0.1, -0.05) is 20.8 Å². The van der Waals surface area contributed by atoms with Crippen LogP contribution in [0.4, 0.5) is 5.95 Å². The van der Waals surface area contributed by atoms with Crippen molar-refractivity contribution in [2.75, 3.05) is 24.5 Å². The number of anilines is 1. The molecule has 0 aromatic carbocycles. The van der Waals surface area contributed by atoms with Crippen molar-refractivity contribution in [1.29, 1.82) is 0 Å². The molecule has 5 nitrogen and oxygen atoms in total. The minimum Gasteiger partial charge on any atom is -0.335 e. The van der Waals surface area contributed by atoms with E-state index in [-0.39, 0.29) is 0 Å². The molecule has 1 aliphatic heterocycles. The van der Waals surface area contributed by atoms with E-state index in [0.717, 1.165) is 49.8 Å². The van der Waals surface area contributed by atoms with Crippen molar-refractivity contribution in [1.82, 2.24) is 20.5 Å². The van der Waals surface area contributed by atoms with Crippen molar-refractivity contribution >= 4 is 5.95 Å². The van der Waals surface area contributed by atoms with Gasteiger partial charge in [0.2, 0.25) is 5.95 Å². The van der Waals surface area contributed by atoms with Crippen LogP contribution in [0.25, 0.3) is 0 Å². The van der Waals surface area contributed by atoms with Crippen molar-refractivity contribution in [3.05, 3.63) is 11.4 Å². The first-order chi connectivity index (χ1) is 9.30. The van der Waals surface area contributed by atoms with E-state index in [9.17, 15) is 0 Å². The van der Waals surface area contributed by atoms with E-state index in [2.05, 4.69) is 41.2 Å². The zero-order chi connectivity index (χ0) is 13.7. The van der Waals surface area contributed by atoms with Gasteiger partial charge in [-0.2, -0.15) is 5.10 Å². The molecule has 1 atom stereocenters. The Bertz CT molecular complexity index is 407. The monoisotopic (exact) mass is 263 g/mol. The first kappa shape index (κ1) is 14.2. The first-order valence-electron chi connectivity index (χ1n) is 7.49. The summed E-state index contributed by atoms with van der Waals surface area (Å²) in [5.41, 5.74) is 2.13. The molecule has 0 aliphatic carbocycles. The van der Waals surface area contributed by atoms with E-state index in [4.69, 9.17) is 4.98 Å². The zero-order valence-electron chi connectivity index (χ0n) is 12.3. The molecule has 106 valence electrons. The predicted octanol–water partition coefficient (Wildman–Crippen LogP) is 1.57. The average Bonchev–Trinajstić information content (AvgIpc) is 2.92. The first-order valence-corrected chi connectivity index (χ1v) is 7.49. The molecule has 0 spiro atoms. The number of hydrogen-bond donors (Lipinski definition) is 1. The minimum absolute atomic E-state index is 0.513. The molecular weight excluding hydrogens is 238 g/mol. The van der Waals surface area contributed by atoms with Gasteiger partial charge in [0.25, 0.3) is 0 Å². The standard InChI is InChI=1S/C14H25N5/c1-4-12-13(5-2)17-18-14(16-12)19-9-7-8-11(19)10-15-6-3/h11,15H,4-10H2,1-3H3. The lowest BCUT2D eigenvalue weighted by atomic mass is 10.2. The van der Waals surface area contributed by atoms with Crippen LogP contribution in [0.3, 0.4) is 0 Å². The van der Waals surface area contributed by atoms with Gasteiger partial charge in [0.05, 0.1) is 11.4 Å². The number of aromatic nitrogens is 3. The smallest absolute Gasteiger partial charge is 0.245 e. The molecule has 2 rings (SSSR count). The summed E-state index contributed by atoms with van der Waals surface area (Å²) in [7, 11) is 0. The van der Waals surface area contributed by atoms with E-state index < -0.39 is 0 Å². The molecule has 1 fully saturated rings. The normalized spacial score (nSPS) is 19.1. The van der Waals surface area contributed by atoms with Crippen LogP contribution in [0.1, 0.15) is 45.0 Å². The summed E-state index contributed by atoms with van der Waals surface area (Å²) in [6.45, 7) is 9.45. The lowest BCUT2D eigenvalue weighted by Crippen LogP contribution is -2.39. The highest BCUT2D eigenvalue weighted by molar-refractivity contribution is 5.34. The summed E-state index contributed by atoms with van der Waals surface area (Å²) in [6, 6.07) is 0.513. The summed E-state index contributed by atoms with van der Waals surface area (Å²) in [5, 5.41) is 12.1. The Balaban J connectivity index is 2.16. The maximum atomic E-state index is 4.73. The van der Waals surface area contributed by atoms with Crippen LogP contribution < -0.4 is 10.2 Å². The van der Waals surface area contributed by atoms with Crippen LogP contribution in [-0.2, 0) is 12.8 Å². The Morgan fingerprint density at radius 3 is 2.63 bits per heavy atom. The van der Waals surface area contributed by atoms with Gasteiger partial charge in [-0.05, 0) is 32.2 Å². The van der Waals surface area contributed by atoms with Crippen LogP contribution in [0.15, 0.2) is 0 Å². The van der Waals surface area contributed by atoms with Crippen molar-refractivity contribution in [2.24, 2.45) is 0 Å². The molecule has 19 heavy (non-hydrogen) atoms. The summed E-state index contributed by atoms with van der Waals surface area (Å²) < 4.78 is 0. The Kier molecular flexibility index (Phi) is 5.07. The lowest BCUT2D eigenvalue weighted by Gasteiger charge is -2.24. The average molecular weight is 263 g/mol. The fourth-order valence-electron chi connectivity index (χ4n) is 2.67. The molecule has 1 aromatic rings. The van der Waals surface area contributed by atoms with Gasteiger partial charge in [0.15, 0.2) is 0 Å². The molecule has 1 aromatic heterocycles. The fourth-order valence-corrected chi connectivity index (χ4v) is 2.67. The van der Waals surface area contributed by atoms with Crippen LogP contribution in [0.5, 0.6) is 0 Å². The van der Waals surface area contributed by atoms with Crippen LogP contribution in [0, 0.1) is 0 Å². The summed E-state index contributed by atoms with van der Waals surface area (Å²) in [4.78, 5) is 7.04. The summed E-state index contributed by atoms with van der Waals surface area (Å²) in [5.74, 6) is 0.814. The third-order valence-corrected chi connectivity index (χ3v) is 3.76. The number of likely N-dealkylation sites (N-methyl/N-ethyl adjacent to an activating group) is 1. The van der Waals surface area contributed by atoms with Gasteiger partial charge in [0.1, 0.15) is 0 Å². The second kappa shape index (κ2) is 6.80. The Hall–Kier alpha value is -1.23. The van der Waals surface area contributed by atoms with Gasteiger partial charge in [-0.3, -0.25) is 0 Å². The molecule has 1 aliphatic rings. The summed E-state index contributed by atoms with van der Waals surface area (Å²) in [6.07, 6.45) is 4.27. The van der Waals surface area contributed by atoms with Crippen LogP contribution in [0.2, 0.25) is 0 Å². The molecule has 1 unspecified atom stereocenters. The number of rotatable bonds is 6. The zero-order valence-corrected chi connectivity index (χ0v) is 12.3. The topological polar surface area (TPSA) is 53.9 Å². The second-order valence-corrected chi connectivity index (χ2v) is 5.01. The molecule has 1 N–H and O–H groups in total. The summed E-state index contributed by atoms with van der Waals surface area (Å²) >= 11 is 0. The van der Waals surface area contributed by atoms with E-state index >= 15 is 0 Å². The van der Waals surface area contributed by atoms with Crippen molar-refractivity contribution in [3.63, 3.8) is 0 Å². The Morgan fingerprint density at radius 1 is 1.16 bits per heavy atom. The van der Waals surface area contributed by atoms with Gasteiger partial charge in [0, 0.05) is 19.1 Å². The molecule has 0 amide bonds.